The van der Waals surface area contributed by atoms with Crippen molar-refractivity contribution in [2.24, 2.45) is 5.92 Å². The summed E-state index contributed by atoms with van der Waals surface area (Å²) in [6.45, 7) is 11.7. The summed E-state index contributed by atoms with van der Waals surface area (Å²) in [5.41, 5.74) is 6.73. The summed E-state index contributed by atoms with van der Waals surface area (Å²) in [6.07, 6.45) is 9.95. The third-order valence-corrected chi connectivity index (χ3v) is 11.1. The van der Waals surface area contributed by atoms with E-state index in [1.165, 1.54) is 67.6 Å². The third kappa shape index (κ3) is 5.59. The van der Waals surface area contributed by atoms with Crippen LogP contribution in [0.15, 0.2) is 103 Å². The predicted octanol–water partition coefficient (Wildman–Crippen LogP) is 11.9. The van der Waals surface area contributed by atoms with Crippen LogP contribution < -0.4 is 9.48 Å². The molecule has 0 N–H and O–H groups in total. The number of nitrogens with zero attached hydrogens (tertiary/aromatic N) is 2. The Kier molecular flexibility index (Phi) is 8.17. The number of hydrogen-bond acceptors (Lipinski definition) is 1. The molecular formula is C43H46F3N2+. The van der Waals surface area contributed by atoms with Gasteiger partial charge in [-0.2, -0.15) is 17.7 Å². The molecule has 1 saturated carbocycles. The zero-order chi connectivity index (χ0) is 33.8. The minimum atomic E-state index is -4.44. The van der Waals surface area contributed by atoms with E-state index in [0.29, 0.717) is 11.3 Å². The van der Waals surface area contributed by atoms with Crippen molar-refractivity contribution >= 4 is 33.5 Å². The molecule has 1 aliphatic carbocycles. The van der Waals surface area contributed by atoms with Crippen molar-refractivity contribution in [2.45, 2.75) is 90.1 Å². The van der Waals surface area contributed by atoms with Gasteiger partial charge in [-0.25, -0.2) is 0 Å². The number of hydrogen-bond donors (Lipinski definition) is 0. The fourth-order valence-corrected chi connectivity index (χ4v) is 8.54. The van der Waals surface area contributed by atoms with Crippen LogP contribution in [0, 0.1) is 12.8 Å². The number of para-hydroxylation sites is 1. The predicted molar refractivity (Wildman–Crippen MR) is 195 cm³/mol. The van der Waals surface area contributed by atoms with Gasteiger partial charge in [-0.1, -0.05) is 101 Å². The fourth-order valence-electron chi connectivity index (χ4n) is 8.54. The Morgan fingerprint density at radius 3 is 2.33 bits per heavy atom. The van der Waals surface area contributed by atoms with Gasteiger partial charge in [-0.05, 0) is 73.9 Å². The van der Waals surface area contributed by atoms with Crippen molar-refractivity contribution in [1.29, 1.82) is 0 Å². The molecule has 2 nitrogen and oxygen atoms in total. The molecule has 7 rings (SSSR count). The van der Waals surface area contributed by atoms with Gasteiger partial charge < -0.3 is 4.90 Å². The second-order valence-electron chi connectivity index (χ2n) is 15.1. The Morgan fingerprint density at radius 1 is 0.833 bits per heavy atom. The van der Waals surface area contributed by atoms with Crippen molar-refractivity contribution < 1.29 is 13.2 Å². The van der Waals surface area contributed by atoms with Crippen molar-refractivity contribution in [3.8, 4) is 0 Å². The summed E-state index contributed by atoms with van der Waals surface area (Å²) >= 11 is 0. The van der Waals surface area contributed by atoms with Crippen molar-refractivity contribution in [3.05, 3.63) is 125 Å². The lowest BCUT2D eigenvalue weighted by atomic mass is 9.80. The van der Waals surface area contributed by atoms with E-state index in [1.54, 1.807) is 6.92 Å². The summed E-state index contributed by atoms with van der Waals surface area (Å²) in [7, 11) is 0. The average molecular weight is 648 g/mol. The van der Waals surface area contributed by atoms with Crippen molar-refractivity contribution in [1.82, 2.24) is 4.58 Å². The van der Waals surface area contributed by atoms with Crippen LogP contribution in [0.1, 0.15) is 88.5 Å². The first-order valence-electron chi connectivity index (χ1n) is 17.5. The van der Waals surface area contributed by atoms with E-state index >= 15 is 0 Å². The monoisotopic (exact) mass is 647 g/mol. The fraction of sp³-hybridized carbons (Fsp3) is 0.372. The highest BCUT2D eigenvalue weighted by Crippen LogP contribution is 2.49. The van der Waals surface area contributed by atoms with E-state index in [1.807, 2.05) is 18.2 Å². The van der Waals surface area contributed by atoms with Crippen LogP contribution in [0.5, 0.6) is 0 Å². The summed E-state index contributed by atoms with van der Waals surface area (Å²) in [4.78, 5) is 2.52. The molecule has 0 saturated heterocycles. The van der Waals surface area contributed by atoms with Gasteiger partial charge in [0.1, 0.15) is 0 Å². The molecule has 0 atom stereocenters. The number of anilines is 1. The molecule has 248 valence electrons. The van der Waals surface area contributed by atoms with Crippen LogP contribution >= 0.6 is 0 Å². The Labute approximate surface area is 283 Å². The van der Waals surface area contributed by atoms with Crippen molar-refractivity contribution in [3.63, 3.8) is 0 Å². The maximum absolute atomic E-state index is 14.2. The quantitative estimate of drug-likeness (QED) is 0.189. The molecule has 0 unspecified atom stereocenters. The lowest BCUT2D eigenvalue weighted by Gasteiger charge is -2.29. The second kappa shape index (κ2) is 12.1. The van der Waals surface area contributed by atoms with Gasteiger partial charge >= 0.3 is 6.18 Å². The van der Waals surface area contributed by atoms with E-state index in [2.05, 4.69) is 104 Å². The largest absolute Gasteiger partial charge is 0.416 e. The van der Waals surface area contributed by atoms with Crippen LogP contribution in [-0.4, -0.2) is 12.3 Å². The molecule has 1 fully saturated rings. The molecule has 0 spiro atoms. The zero-order valence-electron chi connectivity index (χ0n) is 28.8. The van der Waals surface area contributed by atoms with E-state index < -0.39 is 17.2 Å². The first-order chi connectivity index (χ1) is 22.9. The molecule has 48 heavy (non-hydrogen) atoms. The van der Waals surface area contributed by atoms with E-state index in [-0.39, 0.29) is 5.41 Å². The normalized spacial score (nSPS) is 19.9. The lowest BCUT2D eigenvalue weighted by molar-refractivity contribution is -0.137. The van der Waals surface area contributed by atoms with Crippen LogP contribution in [0.25, 0.3) is 10.8 Å². The van der Waals surface area contributed by atoms with Gasteiger partial charge in [-0.15, -0.1) is 0 Å². The summed E-state index contributed by atoms with van der Waals surface area (Å²) in [5.74, 6) is 0.777. The molecule has 5 heteroatoms. The molecular weight excluding hydrogens is 601 g/mol. The molecule has 0 bridgehead atoms. The first-order valence-corrected chi connectivity index (χ1v) is 17.5. The number of halogens is 3. The highest BCUT2D eigenvalue weighted by molar-refractivity contribution is 6.14. The maximum atomic E-state index is 14.2. The Hall–Kier alpha value is -4.12. The first kappa shape index (κ1) is 32.4. The van der Waals surface area contributed by atoms with Gasteiger partial charge in [0.05, 0.1) is 16.4 Å². The number of benzene rings is 4. The average Bonchev–Trinajstić information content (AvgIpc) is 3.42. The van der Waals surface area contributed by atoms with Crippen LogP contribution in [0.2, 0.25) is 0 Å². The standard InChI is InChI=1S/C43H46F3N2/c1-29-26-32(43(44,45)46)28-33(27-29)48-39(42(4,5)36-23-22-31-16-9-10-17-34(31)40(36)48)21-13-20-38-41(2,3)35-18-11-12-19-37(35)47(38)25-24-30-14-7-6-8-15-30/h9-13,16-23,26-28,30H,6-8,14-15,24-25H2,1-5H3/q+1. The molecule has 4 aromatic carbocycles. The Bertz CT molecular complexity index is 1970. The van der Waals surface area contributed by atoms with Gasteiger partial charge in [0.2, 0.25) is 11.4 Å². The van der Waals surface area contributed by atoms with Gasteiger partial charge in [0.25, 0.3) is 0 Å². The molecule has 0 amide bonds. The lowest BCUT2D eigenvalue weighted by Crippen LogP contribution is -2.29. The van der Waals surface area contributed by atoms with Gasteiger partial charge in [-0.3, -0.25) is 0 Å². The van der Waals surface area contributed by atoms with Crippen LogP contribution in [0.3, 0.4) is 0 Å². The second-order valence-corrected chi connectivity index (χ2v) is 15.1. The molecule has 2 heterocycles. The SMILES string of the molecule is Cc1cc([N+]2=C(/C=C/C=C3/N(CCC4CCCCC4)c4ccccc4C3(C)C)C(C)(C)c3ccc4ccccc4c32)cc(C(F)(F)F)c1. The third-order valence-electron chi connectivity index (χ3n) is 11.1. The number of fused-ring (bicyclic) bond motifs is 4. The van der Waals surface area contributed by atoms with Gasteiger partial charge in [0.15, 0.2) is 5.71 Å². The minimum absolute atomic E-state index is 0.180. The summed E-state index contributed by atoms with van der Waals surface area (Å²) in [6, 6.07) is 25.6. The van der Waals surface area contributed by atoms with E-state index in [9.17, 15) is 13.2 Å². The van der Waals surface area contributed by atoms with E-state index in [4.69, 9.17) is 0 Å². The molecule has 0 aromatic heterocycles. The maximum Gasteiger partial charge on any atom is 0.416 e. The zero-order valence-corrected chi connectivity index (χ0v) is 28.8. The number of alkyl halides is 3. The van der Waals surface area contributed by atoms with Crippen LogP contribution in [0.4, 0.5) is 30.2 Å². The summed E-state index contributed by atoms with van der Waals surface area (Å²) < 4.78 is 44.6. The number of allylic oxidation sites excluding steroid dienone is 4. The van der Waals surface area contributed by atoms with E-state index in [0.717, 1.165) is 40.2 Å². The molecule has 3 aliphatic rings. The Morgan fingerprint density at radius 2 is 1.56 bits per heavy atom. The number of aryl methyl sites for hydroxylation is 1. The Balaban J connectivity index is 1.37. The number of rotatable bonds is 6. The smallest absolute Gasteiger partial charge is 0.344 e. The minimum Gasteiger partial charge on any atom is -0.344 e. The van der Waals surface area contributed by atoms with Gasteiger partial charge in [0, 0.05) is 47.1 Å². The molecule has 4 aromatic rings. The highest BCUT2D eigenvalue weighted by atomic mass is 19.4. The molecule has 0 radical (unpaired) electrons. The summed E-state index contributed by atoms with van der Waals surface area (Å²) in [5, 5.41) is 2.09. The topological polar surface area (TPSA) is 6.25 Å². The van der Waals surface area contributed by atoms with Crippen LogP contribution in [-0.2, 0) is 17.0 Å². The highest BCUT2D eigenvalue weighted by Gasteiger charge is 2.47. The van der Waals surface area contributed by atoms with Crippen molar-refractivity contribution in [2.75, 3.05) is 11.4 Å². The molecule has 2 aliphatic heterocycles.